The normalized spacial score (nSPS) is 17.7. The van der Waals surface area contributed by atoms with E-state index >= 15 is 0 Å². The molecule has 9 heteroatoms. The van der Waals surface area contributed by atoms with E-state index in [9.17, 15) is 0 Å². The first kappa shape index (κ1) is 23.4. The maximum atomic E-state index is 6.49. The molecular weight excluding hydrogens is 344 g/mol. The van der Waals surface area contributed by atoms with Crippen LogP contribution in [-0.4, -0.2) is 52.0 Å². The lowest BCUT2D eigenvalue weighted by Gasteiger charge is -2.40. The lowest BCUT2D eigenvalue weighted by atomic mass is 10.5. The van der Waals surface area contributed by atoms with E-state index < -0.39 is 25.7 Å². The number of hydrogen-bond donors (Lipinski definition) is 2. The third-order valence-corrected chi connectivity index (χ3v) is 15.2. The van der Waals surface area contributed by atoms with Crippen molar-refractivity contribution in [3.8, 4) is 0 Å². The van der Waals surface area contributed by atoms with Gasteiger partial charge in [0.1, 0.15) is 0 Å². The fourth-order valence-electron chi connectivity index (χ4n) is 2.82. The molecule has 6 nitrogen and oxygen atoms in total. The van der Waals surface area contributed by atoms with Crippen molar-refractivity contribution in [3.63, 3.8) is 0 Å². The Balaban J connectivity index is 4.96. The molecule has 0 bridgehead atoms. The Morgan fingerprint density at radius 1 is 0.696 bits per heavy atom. The van der Waals surface area contributed by atoms with Crippen molar-refractivity contribution in [3.05, 3.63) is 0 Å². The second-order valence-electron chi connectivity index (χ2n) is 6.52. The van der Waals surface area contributed by atoms with Gasteiger partial charge in [-0.3, -0.25) is 0 Å². The summed E-state index contributed by atoms with van der Waals surface area (Å²) in [4.78, 5) is 0. The highest BCUT2D eigenvalue weighted by molar-refractivity contribution is 6.85. The van der Waals surface area contributed by atoms with Gasteiger partial charge in [-0.25, -0.2) is 0 Å². The van der Waals surface area contributed by atoms with Gasteiger partial charge in [0.05, 0.1) is 0 Å². The van der Waals surface area contributed by atoms with Crippen LogP contribution in [0, 0.1) is 0 Å². The minimum absolute atomic E-state index is 0.657. The van der Waals surface area contributed by atoms with E-state index in [4.69, 9.17) is 28.5 Å². The molecule has 140 valence electrons. The fourth-order valence-corrected chi connectivity index (χ4v) is 16.2. The van der Waals surface area contributed by atoms with E-state index in [0.717, 1.165) is 24.9 Å². The molecule has 0 rings (SSSR count). The lowest BCUT2D eigenvalue weighted by Crippen LogP contribution is -2.56. The molecule has 0 spiro atoms. The summed E-state index contributed by atoms with van der Waals surface area (Å²) in [6, 6.07) is 1.79. The van der Waals surface area contributed by atoms with Crippen LogP contribution in [0.2, 0.25) is 38.3 Å². The Hall–Kier alpha value is 0.411. The van der Waals surface area contributed by atoms with Crippen molar-refractivity contribution in [2.45, 2.75) is 65.0 Å². The Kier molecular flexibility index (Phi) is 11.3. The summed E-state index contributed by atoms with van der Waals surface area (Å²) in [6.07, 6.45) is 1.83. The van der Waals surface area contributed by atoms with Crippen LogP contribution in [0.15, 0.2) is 0 Å². The first-order chi connectivity index (χ1) is 10.7. The predicted molar refractivity (Wildman–Crippen MR) is 103 cm³/mol. The molecule has 0 aliphatic rings. The summed E-state index contributed by atoms with van der Waals surface area (Å²) >= 11 is 0. The third-order valence-electron chi connectivity index (χ3n) is 3.49. The van der Waals surface area contributed by atoms with Gasteiger partial charge >= 0.3 is 25.7 Å². The number of nitrogens with two attached hydrogens (primary N) is 2. The smallest absolute Gasteiger partial charge is 0.326 e. The largest absolute Gasteiger partial charge is 0.415 e. The van der Waals surface area contributed by atoms with Crippen LogP contribution in [0.25, 0.3) is 0 Å². The molecule has 0 radical (unpaired) electrons. The van der Waals surface area contributed by atoms with Gasteiger partial charge in [-0.15, -0.1) is 0 Å². The molecule has 0 saturated heterocycles. The minimum atomic E-state index is -2.36. The Bertz CT molecular complexity index is 298. The zero-order valence-electron chi connectivity index (χ0n) is 15.9. The van der Waals surface area contributed by atoms with E-state index in [2.05, 4.69) is 26.2 Å². The maximum absolute atomic E-state index is 6.49. The second-order valence-corrected chi connectivity index (χ2v) is 17.1. The molecule has 0 aliphatic carbocycles. The summed E-state index contributed by atoms with van der Waals surface area (Å²) in [5.74, 6) is 0. The molecule has 0 heterocycles. The van der Waals surface area contributed by atoms with Crippen molar-refractivity contribution in [2.24, 2.45) is 11.5 Å². The maximum Gasteiger partial charge on any atom is 0.326 e. The van der Waals surface area contributed by atoms with Crippen molar-refractivity contribution in [2.75, 3.05) is 26.3 Å². The number of rotatable bonds is 14. The van der Waals surface area contributed by atoms with Crippen LogP contribution in [-0.2, 0) is 17.1 Å². The van der Waals surface area contributed by atoms with Gasteiger partial charge in [-0.1, -0.05) is 0 Å². The Morgan fingerprint density at radius 3 is 1.30 bits per heavy atom. The van der Waals surface area contributed by atoms with Gasteiger partial charge in [0.25, 0.3) is 0 Å². The van der Waals surface area contributed by atoms with Gasteiger partial charge in [-0.2, -0.15) is 0 Å². The molecule has 23 heavy (non-hydrogen) atoms. The minimum Gasteiger partial charge on any atom is -0.415 e. The standard InChI is InChI=1S/C14H38N2O4Si3/c1-7-17-22(5,13-9-11-15)19-21(3,4)20-23(6,18-8-2)14-10-12-16/h7-16H2,1-6H3. The zero-order chi connectivity index (χ0) is 18.0. The highest BCUT2D eigenvalue weighted by Crippen LogP contribution is 2.27. The fraction of sp³-hybridized carbons (Fsp3) is 1.00. The molecule has 0 aliphatic heterocycles. The third kappa shape index (κ3) is 10.1. The molecule has 0 aromatic rings. The SMILES string of the molecule is CCO[Si](C)(CCCN)O[Si](C)(C)O[Si](C)(CCCN)OCC. The molecule has 0 saturated carbocycles. The van der Waals surface area contributed by atoms with Crippen LogP contribution >= 0.6 is 0 Å². The van der Waals surface area contributed by atoms with Crippen LogP contribution in [0.5, 0.6) is 0 Å². The van der Waals surface area contributed by atoms with E-state index in [1.165, 1.54) is 0 Å². The molecule has 2 unspecified atom stereocenters. The quantitative estimate of drug-likeness (QED) is 0.449. The van der Waals surface area contributed by atoms with Crippen LogP contribution < -0.4 is 11.5 Å². The average Bonchev–Trinajstić information content (AvgIpc) is 2.42. The molecule has 0 aromatic carbocycles. The van der Waals surface area contributed by atoms with Crippen molar-refractivity contribution < 1.29 is 17.1 Å². The topological polar surface area (TPSA) is 89.0 Å². The van der Waals surface area contributed by atoms with Gasteiger partial charge < -0.3 is 28.5 Å². The van der Waals surface area contributed by atoms with Crippen LogP contribution in [0.3, 0.4) is 0 Å². The van der Waals surface area contributed by atoms with Gasteiger partial charge in [0, 0.05) is 13.2 Å². The Labute approximate surface area is 146 Å². The zero-order valence-corrected chi connectivity index (χ0v) is 18.9. The second kappa shape index (κ2) is 11.1. The van der Waals surface area contributed by atoms with Gasteiger partial charge in [0.15, 0.2) is 0 Å². The molecule has 0 fully saturated rings. The predicted octanol–water partition coefficient (Wildman–Crippen LogP) is 2.64. The molecule has 0 aromatic heterocycles. The number of hydrogen-bond acceptors (Lipinski definition) is 6. The van der Waals surface area contributed by atoms with E-state index in [0.29, 0.717) is 26.3 Å². The van der Waals surface area contributed by atoms with E-state index in [-0.39, 0.29) is 0 Å². The Morgan fingerprint density at radius 2 is 1.04 bits per heavy atom. The lowest BCUT2D eigenvalue weighted by molar-refractivity contribution is 0.207. The summed E-state index contributed by atoms with van der Waals surface area (Å²) in [7, 11) is -6.88. The summed E-state index contributed by atoms with van der Waals surface area (Å²) in [5, 5.41) is 0. The summed E-state index contributed by atoms with van der Waals surface area (Å²) in [5.41, 5.74) is 11.3. The molecule has 0 amide bonds. The van der Waals surface area contributed by atoms with Crippen LogP contribution in [0.4, 0.5) is 0 Å². The van der Waals surface area contributed by atoms with Crippen molar-refractivity contribution in [1.29, 1.82) is 0 Å². The summed E-state index contributed by atoms with van der Waals surface area (Å²) < 4.78 is 25.0. The highest BCUT2D eigenvalue weighted by atomic mass is 28.5. The van der Waals surface area contributed by atoms with Crippen molar-refractivity contribution >= 4 is 25.7 Å². The van der Waals surface area contributed by atoms with E-state index in [1.807, 2.05) is 13.8 Å². The van der Waals surface area contributed by atoms with Gasteiger partial charge in [-0.05, 0) is 78.1 Å². The molecular formula is C14H38N2O4Si3. The van der Waals surface area contributed by atoms with Crippen molar-refractivity contribution in [1.82, 2.24) is 0 Å². The monoisotopic (exact) mass is 382 g/mol. The van der Waals surface area contributed by atoms with E-state index in [1.54, 1.807) is 0 Å². The first-order valence-corrected chi connectivity index (χ1v) is 16.6. The van der Waals surface area contributed by atoms with Crippen LogP contribution in [0.1, 0.15) is 26.7 Å². The molecule has 2 atom stereocenters. The van der Waals surface area contributed by atoms with Gasteiger partial charge in [0.2, 0.25) is 0 Å². The highest BCUT2D eigenvalue weighted by Gasteiger charge is 2.45. The first-order valence-electron chi connectivity index (χ1n) is 8.74. The molecule has 4 N–H and O–H groups in total. The average molecular weight is 383 g/mol. The summed E-state index contributed by atoms with van der Waals surface area (Å²) in [6.45, 7) is 15.1.